The number of rotatable bonds is 10. The van der Waals surface area contributed by atoms with Crippen LogP contribution in [0.1, 0.15) is 6.42 Å². The topological polar surface area (TPSA) is 105 Å². The monoisotopic (exact) mass is 222 g/mol. The molecule has 0 saturated heterocycles. The summed E-state index contributed by atoms with van der Waals surface area (Å²) >= 11 is 0. The lowest BCUT2D eigenvalue weighted by Crippen LogP contribution is -2.55. The van der Waals surface area contributed by atoms with Crippen molar-refractivity contribution in [1.29, 1.82) is 0 Å². The predicted molar refractivity (Wildman–Crippen MR) is 56.6 cm³/mol. The summed E-state index contributed by atoms with van der Waals surface area (Å²) in [5, 5.41) is 41.4. The summed E-state index contributed by atoms with van der Waals surface area (Å²) in [7, 11) is 0. The van der Waals surface area contributed by atoms with Crippen LogP contribution in [0.4, 0.5) is 0 Å². The van der Waals surface area contributed by atoms with Gasteiger partial charge in [0.1, 0.15) is 0 Å². The summed E-state index contributed by atoms with van der Waals surface area (Å²) in [6, 6.07) is 0. The van der Waals surface area contributed by atoms with Crippen molar-refractivity contribution < 1.29 is 20.4 Å². The second-order valence-corrected chi connectivity index (χ2v) is 3.51. The van der Waals surface area contributed by atoms with E-state index in [2.05, 4.69) is 10.6 Å². The smallest absolute Gasteiger partial charge is 0.0881 e. The molecule has 6 heteroatoms. The van der Waals surface area contributed by atoms with Gasteiger partial charge in [-0.3, -0.25) is 0 Å². The highest BCUT2D eigenvalue weighted by Crippen LogP contribution is 2.00. The van der Waals surface area contributed by atoms with Crippen molar-refractivity contribution in [3.05, 3.63) is 0 Å². The molecule has 0 bridgehead atoms. The third-order valence-corrected chi connectivity index (χ3v) is 2.23. The fourth-order valence-corrected chi connectivity index (χ4v) is 1.09. The molecule has 0 heterocycles. The molecule has 0 fully saturated rings. The molecule has 6 nitrogen and oxygen atoms in total. The Labute approximate surface area is 89.9 Å². The maximum Gasteiger partial charge on any atom is 0.0881 e. The normalized spacial score (nSPS) is 12.0. The van der Waals surface area contributed by atoms with Gasteiger partial charge in [0.05, 0.1) is 32.0 Å². The van der Waals surface area contributed by atoms with Gasteiger partial charge in [0, 0.05) is 6.54 Å². The van der Waals surface area contributed by atoms with Gasteiger partial charge in [-0.25, -0.2) is 0 Å². The van der Waals surface area contributed by atoms with E-state index in [9.17, 15) is 0 Å². The Bertz CT molecular complexity index is 134. The van der Waals surface area contributed by atoms with Gasteiger partial charge in [-0.15, -0.1) is 0 Å². The molecule has 0 aliphatic carbocycles. The molecule has 0 aromatic rings. The van der Waals surface area contributed by atoms with Gasteiger partial charge >= 0.3 is 0 Å². The van der Waals surface area contributed by atoms with Crippen molar-refractivity contribution in [2.24, 2.45) is 0 Å². The van der Waals surface area contributed by atoms with Crippen LogP contribution in [0.2, 0.25) is 0 Å². The minimum absolute atomic E-state index is 0.112. The third kappa shape index (κ3) is 6.03. The van der Waals surface area contributed by atoms with E-state index in [1.807, 2.05) is 0 Å². The molecule has 0 unspecified atom stereocenters. The van der Waals surface area contributed by atoms with Gasteiger partial charge in [0.25, 0.3) is 0 Å². The summed E-state index contributed by atoms with van der Waals surface area (Å²) in [6.45, 7) is 1.09. The number of aliphatic hydroxyl groups is 4. The van der Waals surface area contributed by atoms with Crippen molar-refractivity contribution in [3.63, 3.8) is 0 Å². The van der Waals surface area contributed by atoms with Crippen LogP contribution in [0.5, 0.6) is 0 Å². The molecule has 0 radical (unpaired) electrons. The first-order valence-corrected chi connectivity index (χ1v) is 5.14. The summed E-state index contributed by atoms with van der Waals surface area (Å²) in [5.74, 6) is 0. The van der Waals surface area contributed by atoms with Crippen LogP contribution in [0.3, 0.4) is 0 Å². The van der Waals surface area contributed by atoms with Crippen LogP contribution in [-0.2, 0) is 0 Å². The van der Waals surface area contributed by atoms with Gasteiger partial charge in [-0.2, -0.15) is 0 Å². The Morgan fingerprint density at radius 2 is 1.40 bits per heavy atom. The van der Waals surface area contributed by atoms with E-state index in [-0.39, 0.29) is 26.4 Å². The number of nitrogens with one attached hydrogen (secondary N) is 2. The summed E-state index contributed by atoms with van der Waals surface area (Å²) < 4.78 is 0. The second-order valence-electron chi connectivity index (χ2n) is 3.51. The number of aliphatic hydroxyl groups excluding tert-OH is 4. The zero-order valence-corrected chi connectivity index (χ0v) is 8.95. The molecule has 0 aliphatic rings. The van der Waals surface area contributed by atoms with Crippen LogP contribution < -0.4 is 10.6 Å². The minimum Gasteiger partial charge on any atom is -0.395 e. The van der Waals surface area contributed by atoms with Crippen molar-refractivity contribution >= 4 is 0 Å². The van der Waals surface area contributed by atoms with Crippen molar-refractivity contribution in [3.8, 4) is 0 Å². The highest BCUT2D eigenvalue weighted by Gasteiger charge is 2.26. The average molecular weight is 222 g/mol. The Morgan fingerprint density at radius 1 is 0.800 bits per heavy atom. The van der Waals surface area contributed by atoms with E-state index in [1.165, 1.54) is 0 Å². The van der Waals surface area contributed by atoms with Crippen molar-refractivity contribution in [2.75, 3.05) is 46.1 Å². The van der Waals surface area contributed by atoms with Gasteiger partial charge in [-0.05, 0) is 19.5 Å². The SMILES string of the molecule is OCCNCCCNC(CO)(CO)CO. The van der Waals surface area contributed by atoms with E-state index in [4.69, 9.17) is 20.4 Å². The first-order chi connectivity index (χ1) is 7.24. The molecule has 0 spiro atoms. The fourth-order valence-electron chi connectivity index (χ4n) is 1.09. The summed E-state index contributed by atoms with van der Waals surface area (Å²) in [5.41, 5.74) is -0.989. The van der Waals surface area contributed by atoms with Gasteiger partial charge in [-0.1, -0.05) is 0 Å². The Balaban J connectivity index is 3.54. The minimum atomic E-state index is -0.989. The molecule has 0 rings (SSSR count). The molecule has 15 heavy (non-hydrogen) atoms. The molecule has 6 N–H and O–H groups in total. The molecular formula is C9H22N2O4. The predicted octanol–water partition coefficient (Wildman–Crippen LogP) is -2.74. The standard InChI is InChI=1S/C9H22N2O4/c12-5-4-10-2-1-3-11-9(6-13,7-14)8-15/h10-15H,1-8H2. The van der Waals surface area contributed by atoms with Gasteiger partial charge in [0.2, 0.25) is 0 Å². The molecule has 92 valence electrons. The Hall–Kier alpha value is -0.240. The first-order valence-electron chi connectivity index (χ1n) is 5.14. The van der Waals surface area contributed by atoms with Crippen molar-refractivity contribution in [2.45, 2.75) is 12.0 Å². The molecule has 0 aromatic carbocycles. The molecule has 0 aliphatic heterocycles. The van der Waals surface area contributed by atoms with Gasteiger partial charge < -0.3 is 31.1 Å². The highest BCUT2D eigenvalue weighted by molar-refractivity contribution is 4.85. The number of hydrogen-bond donors (Lipinski definition) is 6. The Morgan fingerprint density at radius 3 is 1.87 bits per heavy atom. The second kappa shape index (κ2) is 9.02. The van der Waals surface area contributed by atoms with E-state index in [0.717, 1.165) is 13.0 Å². The molecular weight excluding hydrogens is 200 g/mol. The van der Waals surface area contributed by atoms with E-state index >= 15 is 0 Å². The lowest BCUT2D eigenvalue weighted by molar-refractivity contribution is 0.0427. The van der Waals surface area contributed by atoms with Crippen LogP contribution in [-0.4, -0.2) is 72.0 Å². The molecule has 0 saturated carbocycles. The van der Waals surface area contributed by atoms with E-state index < -0.39 is 5.54 Å². The zero-order valence-electron chi connectivity index (χ0n) is 8.95. The Kier molecular flexibility index (Phi) is 8.88. The summed E-state index contributed by atoms with van der Waals surface area (Å²) in [4.78, 5) is 0. The fraction of sp³-hybridized carbons (Fsp3) is 1.00. The van der Waals surface area contributed by atoms with Gasteiger partial charge in [0.15, 0.2) is 0 Å². The molecule has 0 aromatic heterocycles. The largest absolute Gasteiger partial charge is 0.395 e. The third-order valence-electron chi connectivity index (χ3n) is 2.23. The van der Waals surface area contributed by atoms with E-state index in [0.29, 0.717) is 13.1 Å². The summed E-state index contributed by atoms with van der Waals surface area (Å²) in [6.07, 6.45) is 0.793. The van der Waals surface area contributed by atoms with E-state index in [1.54, 1.807) is 0 Å². The maximum atomic E-state index is 8.99. The number of hydrogen-bond acceptors (Lipinski definition) is 6. The molecule has 0 atom stereocenters. The van der Waals surface area contributed by atoms with Crippen LogP contribution in [0.25, 0.3) is 0 Å². The van der Waals surface area contributed by atoms with Crippen LogP contribution in [0.15, 0.2) is 0 Å². The highest BCUT2D eigenvalue weighted by atomic mass is 16.3. The first kappa shape index (κ1) is 14.8. The lowest BCUT2D eigenvalue weighted by Gasteiger charge is -2.28. The quantitative estimate of drug-likeness (QED) is 0.224. The zero-order chi connectivity index (χ0) is 11.6. The lowest BCUT2D eigenvalue weighted by atomic mass is 10.0. The maximum absolute atomic E-state index is 8.99. The van der Waals surface area contributed by atoms with Crippen molar-refractivity contribution in [1.82, 2.24) is 10.6 Å². The van der Waals surface area contributed by atoms with Crippen LogP contribution in [0, 0.1) is 0 Å². The average Bonchev–Trinajstić information content (AvgIpc) is 2.29. The molecule has 0 amide bonds. The van der Waals surface area contributed by atoms with Crippen LogP contribution >= 0.6 is 0 Å².